The summed E-state index contributed by atoms with van der Waals surface area (Å²) in [5.41, 5.74) is 1.84. The lowest BCUT2D eigenvalue weighted by molar-refractivity contribution is -0.0886. The molecule has 174 valence electrons. The molecule has 7 nitrogen and oxygen atoms in total. The molecule has 1 N–H and O–H groups in total. The van der Waals surface area contributed by atoms with E-state index in [9.17, 15) is 23.2 Å². The number of alkyl halides is 2. The lowest BCUT2D eigenvalue weighted by Gasteiger charge is -2.42. The second-order valence-electron chi connectivity index (χ2n) is 8.20. The number of hydrogen-bond acceptors (Lipinski definition) is 5. The van der Waals surface area contributed by atoms with E-state index in [0.29, 0.717) is 12.0 Å². The number of nitrogens with one attached hydrogen (secondary N) is 1. The summed E-state index contributed by atoms with van der Waals surface area (Å²) in [5, 5.41) is 2.31. The Hall–Kier alpha value is -3.49. The maximum atomic E-state index is 14.9. The summed E-state index contributed by atoms with van der Waals surface area (Å²) in [6.07, 6.45) is -0.840. The molecule has 1 aliphatic heterocycles. The summed E-state index contributed by atoms with van der Waals surface area (Å²) in [6, 6.07) is 11.0. The summed E-state index contributed by atoms with van der Waals surface area (Å²) < 4.78 is 39.6. The van der Waals surface area contributed by atoms with Crippen LogP contribution < -0.4 is 5.32 Å². The molecule has 2 aromatic carbocycles. The molecule has 1 fully saturated rings. The minimum absolute atomic E-state index is 0.0555. The minimum atomic E-state index is -3.21. The van der Waals surface area contributed by atoms with Crippen LogP contribution in [0, 0.1) is 0 Å². The molecule has 0 radical (unpaired) electrons. The summed E-state index contributed by atoms with van der Waals surface area (Å²) in [7, 11) is 1.24. The number of nitrogens with zero attached hydrogens (tertiary/aromatic N) is 1. The largest absolute Gasteiger partial charge is 0.465 e. The van der Waals surface area contributed by atoms with E-state index in [1.165, 1.54) is 24.1 Å². The molecule has 2 aromatic rings. The van der Waals surface area contributed by atoms with Crippen LogP contribution >= 0.6 is 0 Å². The van der Waals surface area contributed by atoms with Crippen LogP contribution in [-0.2, 0) is 22.6 Å². The van der Waals surface area contributed by atoms with E-state index in [4.69, 9.17) is 9.47 Å². The molecule has 1 saturated carbocycles. The van der Waals surface area contributed by atoms with Gasteiger partial charge in [0, 0.05) is 18.5 Å². The van der Waals surface area contributed by atoms with Crippen molar-refractivity contribution in [3.8, 4) is 0 Å². The molecule has 0 saturated heterocycles. The second-order valence-corrected chi connectivity index (χ2v) is 8.20. The van der Waals surface area contributed by atoms with Gasteiger partial charge in [0.15, 0.2) is 0 Å². The smallest absolute Gasteiger partial charge is 0.407 e. The SMILES string of the molecule is COC(=O)c1ccc2c(c1)C(=O)N([C@@H]1CCCC(F)(F)[C@H]1NC(=O)OCc1ccccc1)C2. The van der Waals surface area contributed by atoms with E-state index >= 15 is 0 Å². The third kappa shape index (κ3) is 4.67. The zero-order chi connectivity index (χ0) is 23.6. The van der Waals surface area contributed by atoms with E-state index in [2.05, 4.69) is 5.32 Å². The maximum Gasteiger partial charge on any atom is 0.407 e. The molecule has 0 aromatic heterocycles. The summed E-state index contributed by atoms with van der Waals surface area (Å²) >= 11 is 0. The Bertz CT molecular complexity index is 1060. The van der Waals surface area contributed by atoms with Crippen LogP contribution in [0.1, 0.15) is 51.1 Å². The number of carbonyl (C=O) groups excluding carboxylic acids is 3. The Labute approximate surface area is 189 Å². The number of amides is 2. The van der Waals surface area contributed by atoms with Crippen molar-refractivity contribution in [2.24, 2.45) is 0 Å². The van der Waals surface area contributed by atoms with Crippen LogP contribution in [0.25, 0.3) is 0 Å². The Morgan fingerprint density at radius 2 is 1.94 bits per heavy atom. The molecule has 9 heteroatoms. The number of methoxy groups -OCH3 is 1. The molecule has 2 aliphatic rings. The summed E-state index contributed by atoms with van der Waals surface area (Å²) in [6.45, 7) is 0.0631. The van der Waals surface area contributed by atoms with Gasteiger partial charge in [0.1, 0.15) is 12.6 Å². The molecule has 2 atom stereocenters. The number of carbonyl (C=O) groups is 3. The Kier molecular flexibility index (Phi) is 6.31. The van der Waals surface area contributed by atoms with Crippen molar-refractivity contribution in [1.29, 1.82) is 0 Å². The van der Waals surface area contributed by atoms with Gasteiger partial charge in [-0.15, -0.1) is 0 Å². The Balaban J connectivity index is 1.50. The van der Waals surface area contributed by atoms with Gasteiger partial charge in [-0.1, -0.05) is 36.4 Å². The van der Waals surface area contributed by atoms with Crippen LogP contribution in [-0.4, -0.2) is 48.0 Å². The number of rotatable bonds is 5. The number of benzene rings is 2. The molecular weight excluding hydrogens is 434 g/mol. The predicted molar refractivity (Wildman–Crippen MR) is 114 cm³/mol. The van der Waals surface area contributed by atoms with Gasteiger partial charge in [-0.05, 0) is 36.1 Å². The van der Waals surface area contributed by atoms with E-state index in [-0.39, 0.29) is 30.7 Å². The van der Waals surface area contributed by atoms with E-state index < -0.39 is 42.4 Å². The van der Waals surface area contributed by atoms with Crippen molar-refractivity contribution in [3.05, 3.63) is 70.8 Å². The maximum absolute atomic E-state index is 14.9. The van der Waals surface area contributed by atoms with Crippen LogP contribution in [0.4, 0.5) is 13.6 Å². The van der Waals surface area contributed by atoms with Crippen molar-refractivity contribution < 1.29 is 32.6 Å². The fraction of sp³-hybridized carbons (Fsp3) is 0.375. The first-order chi connectivity index (χ1) is 15.8. The fourth-order valence-corrected chi connectivity index (χ4v) is 4.42. The first-order valence-electron chi connectivity index (χ1n) is 10.7. The number of fused-ring (bicyclic) bond motifs is 1. The number of halogens is 2. The topological polar surface area (TPSA) is 84.9 Å². The quantitative estimate of drug-likeness (QED) is 0.687. The monoisotopic (exact) mass is 458 g/mol. The molecule has 0 spiro atoms. The average molecular weight is 458 g/mol. The normalized spacial score (nSPS) is 21.3. The molecule has 2 amide bonds. The molecule has 4 rings (SSSR count). The van der Waals surface area contributed by atoms with Gasteiger partial charge in [-0.2, -0.15) is 0 Å². The van der Waals surface area contributed by atoms with Gasteiger partial charge < -0.3 is 19.7 Å². The standard InChI is InChI=1S/C24H24F2N2O5/c1-32-22(30)16-9-10-17-13-28(21(29)18(17)12-16)19-8-5-11-24(25,26)20(19)27-23(31)33-14-15-6-3-2-4-7-15/h2-4,6-7,9-10,12,19-20H,5,8,11,13-14H2,1H3,(H,27,31)/t19-,20+/m1/s1. The zero-order valence-corrected chi connectivity index (χ0v) is 18.1. The highest BCUT2D eigenvalue weighted by atomic mass is 19.3. The van der Waals surface area contributed by atoms with Crippen LogP contribution in [0.15, 0.2) is 48.5 Å². The molecular formula is C24H24F2N2O5. The third-order valence-corrected chi connectivity index (χ3v) is 6.10. The first kappa shape index (κ1) is 22.7. The van der Waals surface area contributed by atoms with Crippen LogP contribution in [0.3, 0.4) is 0 Å². The van der Waals surface area contributed by atoms with E-state index in [1.54, 1.807) is 30.3 Å². The highest BCUT2D eigenvalue weighted by Gasteiger charge is 2.52. The van der Waals surface area contributed by atoms with Crippen LogP contribution in [0.2, 0.25) is 0 Å². The lowest BCUT2D eigenvalue weighted by atomic mass is 9.86. The van der Waals surface area contributed by atoms with E-state index in [1.807, 2.05) is 6.07 Å². The summed E-state index contributed by atoms with van der Waals surface area (Å²) in [5.74, 6) is -4.25. The molecule has 0 unspecified atom stereocenters. The zero-order valence-electron chi connectivity index (χ0n) is 18.1. The molecule has 33 heavy (non-hydrogen) atoms. The highest BCUT2D eigenvalue weighted by Crippen LogP contribution is 2.39. The van der Waals surface area contributed by atoms with Crippen LogP contribution in [0.5, 0.6) is 0 Å². The van der Waals surface area contributed by atoms with Gasteiger partial charge in [0.25, 0.3) is 11.8 Å². The highest BCUT2D eigenvalue weighted by molar-refractivity contribution is 6.01. The van der Waals surface area contributed by atoms with Crippen molar-refractivity contribution in [2.45, 2.75) is 50.4 Å². The second kappa shape index (κ2) is 9.17. The van der Waals surface area contributed by atoms with Crippen molar-refractivity contribution in [1.82, 2.24) is 10.2 Å². The van der Waals surface area contributed by atoms with Gasteiger partial charge in [0.05, 0.1) is 18.7 Å². The third-order valence-electron chi connectivity index (χ3n) is 6.10. The number of ether oxygens (including phenoxy) is 2. The Morgan fingerprint density at radius 1 is 1.18 bits per heavy atom. The van der Waals surface area contributed by atoms with Gasteiger partial charge >= 0.3 is 12.1 Å². The van der Waals surface area contributed by atoms with Gasteiger partial charge in [0.2, 0.25) is 0 Å². The van der Waals surface area contributed by atoms with Crippen molar-refractivity contribution in [2.75, 3.05) is 7.11 Å². The average Bonchev–Trinajstić information content (AvgIpc) is 3.14. The van der Waals surface area contributed by atoms with Gasteiger partial charge in [-0.25, -0.2) is 18.4 Å². The first-order valence-corrected chi connectivity index (χ1v) is 10.7. The molecule has 1 aliphatic carbocycles. The Morgan fingerprint density at radius 3 is 2.67 bits per heavy atom. The predicted octanol–water partition coefficient (Wildman–Crippen LogP) is 3.91. The number of esters is 1. The van der Waals surface area contributed by atoms with E-state index in [0.717, 1.165) is 5.56 Å². The minimum Gasteiger partial charge on any atom is -0.465 e. The molecule has 0 bridgehead atoms. The fourth-order valence-electron chi connectivity index (χ4n) is 4.42. The molecule has 1 heterocycles. The van der Waals surface area contributed by atoms with Gasteiger partial charge in [-0.3, -0.25) is 4.79 Å². The van der Waals surface area contributed by atoms with Crippen molar-refractivity contribution >= 4 is 18.0 Å². The number of hydrogen-bond donors (Lipinski definition) is 1. The lowest BCUT2D eigenvalue weighted by Crippen LogP contribution is -2.62. The van der Waals surface area contributed by atoms with Crippen molar-refractivity contribution in [3.63, 3.8) is 0 Å². The summed E-state index contributed by atoms with van der Waals surface area (Å²) in [4.78, 5) is 38.6. The number of alkyl carbamates (subject to hydrolysis) is 1.